The Morgan fingerprint density at radius 3 is 2.76 bits per heavy atom. The number of nitro groups is 1. The summed E-state index contributed by atoms with van der Waals surface area (Å²) in [4.78, 5) is 14.5. The van der Waals surface area contributed by atoms with E-state index in [1.54, 1.807) is 18.3 Å². The predicted molar refractivity (Wildman–Crippen MR) is 81.3 cm³/mol. The molecule has 5 heteroatoms. The van der Waals surface area contributed by atoms with E-state index in [1.807, 2.05) is 31.2 Å². The maximum Gasteiger partial charge on any atom is 0.271 e. The van der Waals surface area contributed by atoms with Gasteiger partial charge in [-0.05, 0) is 19.1 Å². The Balaban J connectivity index is 1.96. The van der Waals surface area contributed by atoms with Gasteiger partial charge in [0.05, 0.1) is 16.8 Å². The Bertz CT molecular complexity index is 850. The standard InChI is InChI=1S/C16H12N2O3/c1-11-14-7-2-3-8-15(14)21-16(11)10-17-12-5-4-6-13(9-12)18(19)20/h2-10H,1H3. The number of nitro benzene ring substituents is 1. The first-order chi connectivity index (χ1) is 10.1. The van der Waals surface area contributed by atoms with Gasteiger partial charge < -0.3 is 4.42 Å². The average Bonchev–Trinajstić information content (AvgIpc) is 2.82. The Morgan fingerprint density at radius 2 is 2.00 bits per heavy atom. The largest absolute Gasteiger partial charge is 0.455 e. The second-order valence-electron chi connectivity index (χ2n) is 4.62. The van der Waals surface area contributed by atoms with Crippen molar-refractivity contribution in [2.24, 2.45) is 4.99 Å². The first-order valence-electron chi connectivity index (χ1n) is 6.42. The summed E-state index contributed by atoms with van der Waals surface area (Å²) in [6.07, 6.45) is 1.59. The predicted octanol–water partition coefficient (Wildman–Crippen LogP) is 4.40. The van der Waals surface area contributed by atoms with Crippen molar-refractivity contribution in [2.45, 2.75) is 6.92 Å². The van der Waals surface area contributed by atoms with E-state index in [0.717, 1.165) is 16.5 Å². The number of non-ortho nitro benzene ring substituents is 1. The van der Waals surface area contributed by atoms with Crippen molar-refractivity contribution in [3.63, 3.8) is 0 Å². The molecule has 104 valence electrons. The van der Waals surface area contributed by atoms with Crippen LogP contribution in [0.2, 0.25) is 0 Å². The fraction of sp³-hybridized carbons (Fsp3) is 0.0625. The van der Waals surface area contributed by atoms with E-state index in [0.29, 0.717) is 11.4 Å². The molecular formula is C16H12N2O3. The summed E-state index contributed by atoms with van der Waals surface area (Å²) in [7, 11) is 0. The monoisotopic (exact) mass is 280 g/mol. The number of nitrogens with zero attached hydrogens (tertiary/aromatic N) is 2. The number of rotatable bonds is 3. The second kappa shape index (κ2) is 5.20. The molecule has 0 aliphatic rings. The van der Waals surface area contributed by atoms with Crippen LogP contribution in [0.5, 0.6) is 0 Å². The van der Waals surface area contributed by atoms with Gasteiger partial charge in [0, 0.05) is 23.1 Å². The van der Waals surface area contributed by atoms with E-state index >= 15 is 0 Å². The Kier molecular flexibility index (Phi) is 3.23. The van der Waals surface area contributed by atoms with Crippen molar-refractivity contribution in [2.75, 3.05) is 0 Å². The van der Waals surface area contributed by atoms with Crippen molar-refractivity contribution in [1.82, 2.24) is 0 Å². The summed E-state index contributed by atoms with van der Waals surface area (Å²) in [6, 6.07) is 13.9. The van der Waals surface area contributed by atoms with E-state index in [1.165, 1.54) is 12.1 Å². The molecule has 0 aliphatic heterocycles. The number of fused-ring (bicyclic) bond motifs is 1. The van der Waals surface area contributed by atoms with Crippen LogP contribution in [0.15, 0.2) is 57.9 Å². The van der Waals surface area contributed by atoms with Crippen LogP contribution in [-0.2, 0) is 0 Å². The van der Waals surface area contributed by atoms with Crippen LogP contribution in [0.25, 0.3) is 11.0 Å². The zero-order valence-corrected chi connectivity index (χ0v) is 11.3. The quantitative estimate of drug-likeness (QED) is 0.405. The fourth-order valence-electron chi connectivity index (χ4n) is 2.14. The van der Waals surface area contributed by atoms with Crippen LogP contribution in [0.3, 0.4) is 0 Å². The molecule has 0 fully saturated rings. The molecule has 0 aliphatic carbocycles. The molecule has 1 aromatic heterocycles. The minimum absolute atomic E-state index is 0.0194. The van der Waals surface area contributed by atoms with Crippen LogP contribution in [0.1, 0.15) is 11.3 Å². The zero-order chi connectivity index (χ0) is 14.8. The lowest BCUT2D eigenvalue weighted by molar-refractivity contribution is -0.384. The Hall–Kier alpha value is -2.95. The highest BCUT2D eigenvalue weighted by atomic mass is 16.6. The van der Waals surface area contributed by atoms with Gasteiger partial charge in [-0.3, -0.25) is 15.1 Å². The number of hydrogen-bond donors (Lipinski definition) is 0. The summed E-state index contributed by atoms with van der Waals surface area (Å²) in [5, 5.41) is 11.8. The number of hydrogen-bond acceptors (Lipinski definition) is 4. The Morgan fingerprint density at radius 1 is 1.19 bits per heavy atom. The number of para-hydroxylation sites is 1. The van der Waals surface area contributed by atoms with E-state index in [9.17, 15) is 10.1 Å². The molecule has 21 heavy (non-hydrogen) atoms. The SMILES string of the molecule is Cc1c(C=Nc2cccc([N+](=O)[O-])c2)oc2ccccc12. The number of furan rings is 1. The van der Waals surface area contributed by atoms with Crippen molar-refractivity contribution < 1.29 is 9.34 Å². The molecule has 0 bridgehead atoms. The fourth-order valence-corrected chi connectivity index (χ4v) is 2.14. The number of aliphatic imine (C=N–C) groups is 1. The van der Waals surface area contributed by atoms with Crippen molar-refractivity contribution in [3.05, 3.63) is 70.0 Å². The molecule has 0 spiro atoms. The first kappa shape index (κ1) is 13.1. The highest BCUT2D eigenvalue weighted by Crippen LogP contribution is 2.25. The normalized spacial score (nSPS) is 11.3. The van der Waals surface area contributed by atoms with E-state index < -0.39 is 4.92 Å². The molecular weight excluding hydrogens is 268 g/mol. The molecule has 0 saturated carbocycles. The second-order valence-corrected chi connectivity index (χ2v) is 4.62. The highest BCUT2D eigenvalue weighted by molar-refractivity contribution is 5.91. The summed E-state index contributed by atoms with van der Waals surface area (Å²) < 4.78 is 5.72. The lowest BCUT2D eigenvalue weighted by Crippen LogP contribution is -1.86. The summed E-state index contributed by atoms with van der Waals surface area (Å²) in [6.45, 7) is 1.96. The van der Waals surface area contributed by atoms with Gasteiger partial charge in [-0.25, -0.2) is 0 Å². The number of aryl methyl sites for hydroxylation is 1. The topological polar surface area (TPSA) is 68.6 Å². The lowest BCUT2D eigenvalue weighted by atomic mass is 10.1. The van der Waals surface area contributed by atoms with Gasteiger partial charge in [0.2, 0.25) is 0 Å². The Labute approximate surface area is 120 Å². The van der Waals surface area contributed by atoms with Gasteiger partial charge in [-0.1, -0.05) is 24.3 Å². The van der Waals surface area contributed by atoms with E-state index in [2.05, 4.69) is 4.99 Å². The molecule has 3 rings (SSSR count). The van der Waals surface area contributed by atoms with Gasteiger partial charge in [-0.2, -0.15) is 0 Å². The third-order valence-corrected chi connectivity index (χ3v) is 3.25. The molecule has 3 aromatic rings. The molecule has 1 heterocycles. The third-order valence-electron chi connectivity index (χ3n) is 3.25. The first-order valence-corrected chi connectivity index (χ1v) is 6.42. The van der Waals surface area contributed by atoms with E-state index in [-0.39, 0.29) is 5.69 Å². The molecule has 5 nitrogen and oxygen atoms in total. The van der Waals surface area contributed by atoms with Gasteiger partial charge >= 0.3 is 0 Å². The van der Waals surface area contributed by atoms with Gasteiger partial charge in [-0.15, -0.1) is 0 Å². The van der Waals surface area contributed by atoms with E-state index in [4.69, 9.17) is 4.42 Å². The summed E-state index contributed by atoms with van der Waals surface area (Å²) in [5.41, 5.74) is 2.34. The molecule has 0 unspecified atom stereocenters. The third kappa shape index (κ3) is 2.53. The minimum Gasteiger partial charge on any atom is -0.455 e. The number of benzene rings is 2. The van der Waals surface area contributed by atoms with Crippen molar-refractivity contribution in [1.29, 1.82) is 0 Å². The molecule has 2 aromatic carbocycles. The van der Waals surface area contributed by atoms with Crippen molar-refractivity contribution >= 4 is 28.6 Å². The minimum atomic E-state index is -0.439. The molecule has 0 amide bonds. The van der Waals surface area contributed by atoms with Gasteiger partial charge in [0.15, 0.2) is 0 Å². The van der Waals surface area contributed by atoms with Crippen molar-refractivity contribution in [3.8, 4) is 0 Å². The van der Waals surface area contributed by atoms with Crippen LogP contribution < -0.4 is 0 Å². The molecule has 0 saturated heterocycles. The maximum atomic E-state index is 10.7. The zero-order valence-electron chi connectivity index (χ0n) is 11.3. The van der Waals surface area contributed by atoms with Crippen LogP contribution in [-0.4, -0.2) is 11.1 Å². The molecule has 0 atom stereocenters. The highest BCUT2D eigenvalue weighted by Gasteiger charge is 2.08. The van der Waals surface area contributed by atoms with Crippen LogP contribution in [0, 0.1) is 17.0 Å². The van der Waals surface area contributed by atoms with Crippen LogP contribution in [0.4, 0.5) is 11.4 Å². The smallest absolute Gasteiger partial charge is 0.271 e. The van der Waals surface area contributed by atoms with Gasteiger partial charge in [0.25, 0.3) is 5.69 Å². The van der Waals surface area contributed by atoms with Crippen LogP contribution >= 0.6 is 0 Å². The van der Waals surface area contributed by atoms with Gasteiger partial charge in [0.1, 0.15) is 11.3 Å². The molecule has 0 radical (unpaired) electrons. The maximum absolute atomic E-state index is 10.7. The lowest BCUT2D eigenvalue weighted by Gasteiger charge is -1.94. The average molecular weight is 280 g/mol. The molecule has 0 N–H and O–H groups in total. The summed E-state index contributed by atoms with van der Waals surface area (Å²) in [5.74, 6) is 0.655. The summed E-state index contributed by atoms with van der Waals surface area (Å²) >= 11 is 0.